The Kier molecular flexibility index (Phi) is 1.84. The summed E-state index contributed by atoms with van der Waals surface area (Å²) >= 11 is 0. The van der Waals surface area contributed by atoms with Crippen LogP contribution in [-0.2, 0) is 0 Å². The third-order valence-electron chi connectivity index (χ3n) is 3.63. The van der Waals surface area contributed by atoms with Crippen LogP contribution in [0.1, 0.15) is 30.7 Å². The maximum Gasteiger partial charge on any atom is 0.0427 e. The number of halogens is 1. The molecular formula is C12H14FN. The number of nitrogens with zero attached hydrogens (tertiary/aromatic N) is 1. The van der Waals surface area contributed by atoms with Crippen LogP contribution in [0, 0.1) is 0 Å². The first-order valence-electron chi connectivity index (χ1n) is 5.33. The van der Waals surface area contributed by atoms with Crippen LogP contribution in [0.2, 0.25) is 0 Å². The van der Waals surface area contributed by atoms with Crippen molar-refractivity contribution in [2.75, 3.05) is 0 Å². The van der Waals surface area contributed by atoms with Crippen molar-refractivity contribution >= 4 is 0 Å². The zero-order valence-corrected chi connectivity index (χ0v) is 8.07. The van der Waals surface area contributed by atoms with E-state index in [0.29, 0.717) is 5.92 Å². The van der Waals surface area contributed by atoms with E-state index in [1.165, 1.54) is 5.56 Å². The Hall–Kier alpha value is -0.890. The van der Waals surface area contributed by atoms with E-state index in [9.17, 15) is 4.48 Å². The van der Waals surface area contributed by atoms with E-state index in [1.54, 1.807) is 0 Å². The molecule has 0 N–H and O–H groups in total. The van der Waals surface area contributed by atoms with Crippen LogP contribution in [0.25, 0.3) is 0 Å². The highest BCUT2D eigenvalue weighted by Gasteiger charge is 2.46. The summed E-state index contributed by atoms with van der Waals surface area (Å²) < 4.78 is 13.1. The Morgan fingerprint density at radius 3 is 2.21 bits per heavy atom. The van der Waals surface area contributed by atoms with Gasteiger partial charge in [-0.3, -0.25) is 0 Å². The van der Waals surface area contributed by atoms with E-state index in [0.717, 1.165) is 24.4 Å². The van der Waals surface area contributed by atoms with Gasteiger partial charge in [-0.15, -0.1) is 9.60 Å². The van der Waals surface area contributed by atoms with Gasteiger partial charge in [0.25, 0.3) is 0 Å². The van der Waals surface area contributed by atoms with E-state index in [4.69, 9.17) is 0 Å². The third-order valence-corrected chi connectivity index (χ3v) is 3.63. The van der Waals surface area contributed by atoms with Crippen molar-refractivity contribution in [3.8, 4) is 0 Å². The van der Waals surface area contributed by atoms with E-state index >= 15 is 0 Å². The molecule has 1 aliphatic carbocycles. The van der Waals surface area contributed by atoms with Crippen molar-refractivity contribution in [1.82, 2.24) is 5.12 Å². The zero-order valence-electron chi connectivity index (χ0n) is 8.07. The van der Waals surface area contributed by atoms with Crippen LogP contribution in [0.5, 0.6) is 0 Å². The molecule has 74 valence electrons. The lowest BCUT2D eigenvalue weighted by atomic mass is 9.73. The number of fused-ring (bicyclic) bond motifs is 2. The molecule has 2 heterocycles. The second-order valence-electron chi connectivity index (χ2n) is 4.47. The highest BCUT2D eigenvalue weighted by molar-refractivity contribution is 5.22. The van der Waals surface area contributed by atoms with Gasteiger partial charge in [-0.1, -0.05) is 30.3 Å². The average molecular weight is 191 g/mol. The van der Waals surface area contributed by atoms with Gasteiger partial charge >= 0.3 is 0 Å². The smallest absolute Gasteiger partial charge is 0.0427 e. The molecule has 0 amide bonds. The van der Waals surface area contributed by atoms with Gasteiger partial charge in [-0.2, -0.15) is 0 Å². The Bertz CT molecular complexity index is 312. The molecule has 14 heavy (non-hydrogen) atoms. The first kappa shape index (κ1) is 8.42. The summed E-state index contributed by atoms with van der Waals surface area (Å²) in [6.07, 6.45) is 3.06. The Balaban J connectivity index is 1.77. The highest BCUT2D eigenvalue weighted by atomic mass is 19.2. The summed E-state index contributed by atoms with van der Waals surface area (Å²) in [6, 6.07) is 10.9. The van der Waals surface area contributed by atoms with Crippen LogP contribution in [-0.4, -0.2) is 17.2 Å². The number of benzene rings is 1. The van der Waals surface area contributed by atoms with Crippen molar-refractivity contribution in [3.05, 3.63) is 35.9 Å². The standard InChI is InChI=1S/C12H14FN/c13-14-11-6-10(7-12(14)8-11)9-4-2-1-3-5-9/h1-5,10-12H,6-8H2. The van der Waals surface area contributed by atoms with E-state index in [1.807, 2.05) is 6.07 Å². The predicted octanol–water partition coefficient (Wildman–Crippen LogP) is 2.89. The van der Waals surface area contributed by atoms with Crippen LogP contribution in [0.3, 0.4) is 0 Å². The topological polar surface area (TPSA) is 3.24 Å². The first-order chi connectivity index (χ1) is 6.84. The number of hydrogen-bond donors (Lipinski definition) is 0. The van der Waals surface area contributed by atoms with Crippen molar-refractivity contribution in [3.63, 3.8) is 0 Å². The van der Waals surface area contributed by atoms with Crippen molar-refractivity contribution in [2.45, 2.75) is 37.3 Å². The van der Waals surface area contributed by atoms with E-state index < -0.39 is 0 Å². The van der Waals surface area contributed by atoms with Crippen molar-refractivity contribution in [1.29, 1.82) is 0 Å². The summed E-state index contributed by atoms with van der Waals surface area (Å²) in [4.78, 5) is 0. The number of rotatable bonds is 1. The lowest BCUT2D eigenvalue weighted by Gasteiger charge is -2.49. The lowest BCUT2D eigenvalue weighted by molar-refractivity contribution is -0.173. The molecule has 0 spiro atoms. The SMILES string of the molecule is FN1C2CC(c3ccccc3)CC1C2. The lowest BCUT2D eigenvalue weighted by Crippen LogP contribution is -2.55. The third kappa shape index (κ3) is 1.17. The molecule has 0 radical (unpaired) electrons. The predicted molar refractivity (Wildman–Crippen MR) is 53.6 cm³/mol. The van der Waals surface area contributed by atoms with Gasteiger partial charge < -0.3 is 0 Å². The molecule has 2 bridgehead atoms. The minimum Gasteiger partial charge on any atom is -0.140 e. The first-order valence-corrected chi connectivity index (χ1v) is 5.33. The molecule has 2 unspecified atom stereocenters. The van der Waals surface area contributed by atoms with Gasteiger partial charge in [0.05, 0.1) is 0 Å². The van der Waals surface area contributed by atoms with Crippen molar-refractivity contribution in [2.24, 2.45) is 0 Å². The zero-order chi connectivity index (χ0) is 9.54. The molecular weight excluding hydrogens is 177 g/mol. The van der Waals surface area contributed by atoms with Gasteiger partial charge in [-0.05, 0) is 30.7 Å². The fourth-order valence-corrected chi connectivity index (χ4v) is 2.82. The van der Waals surface area contributed by atoms with Gasteiger partial charge in [0, 0.05) is 12.1 Å². The quantitative estimate of drug-likeness (QED) is 0.617. The van der Waals surface area contributed by atoms with Gasteiger partial charge in [0.1, 0.15) is 0 Å². The minimum absolute atomic E-state index is 0.207. The fraction of sp³-hybridized carbons (Fsp3) is 0.500. The second kappa shape index (κ2) is 3.06. The normalized spacial score (nSPS) is 36.5. The van der Waals surface area contributed by atoms with Crippen LogP contribution >= 0.6 is 0 Å². The molecule has 3 aliphatic rings. The molecule has 2 heteroatoms. The summed E-state index contributed by atoms with van der Waals surface area (Å²) in [6.45, 7) is 0. The maximum atomic E-state index is 13.1. The van der Waals surface area contributed by atoms with Gasteiger partial charge in [-0.25, -0.2) is 0 Å². The molecule has 3 fully saturated rings. The minimum atomic E-state index is 0.207. The molecule has 1 saturated carbocycles. The largest absolute Gasteiger partial charge is 0.140 e. The molecule has 2 aliphatic heterocycles. The van der Waals surface area contributed by atoms with Crippen molar-refractivity contribution < 1.29 is 4.48 Å². The maximum absolute atomic E-state index is 13.1. The molecule has 2 saturated heterocycles. The molecule has 2 atom stereocenters. The molecule has 0 aromatic heterocycles. The Morgan fingerprint density at radius 1 is 1.00 bits per heavy atom. The Morgan fingerprint density at radius 2 is 1.64 bits per heavy atom. The molecule has 1 nitrogen and oxygen atoms in total. The molecule has 4 rings (SSSR count). The highest BCUT2D eigenvalue weighted by Crippen LogP contribution is 2.45. The number of hydrogen-bond acceptors (Lipinski definition) is 1. The second-order valence-corrected chi connectivity index (χ2v) is 4.47. The van der Waals surface area contributed by atoms with E-state index in [-0.39, 0.29) is 12.1 Å². The van der Waals surface area contributed by atoms with Gasteiger partial charge in [0.2, 0.25) is 0 Å². The Labute approximate surface area is 83.5 Å². The van der Waals surface area contributed by atoms with Gasteiger partial charge in [0.15, 0.2) is 0 Å². The number of piperidine rings is 1. The average Bonchev–Trinajstić information content (AvgIpc) is 2.30. The molecule has 1 aromatic rings. The van der Waals surface area contributed by atoms with E-state index in [2.05, 4.69) is 24.3 Å². The van der Waals surface area contributed by atoms with Crippen LogP contribution < -0.4 is 0 Å². The summed E-state index contributed by atoms with van der Waals surface area (Å²) in [7, 11) is 0. The summed E-state index contributed by atoms with van der Waals surface area (Å²) in [5.74, 6) is 0.590. The monoisotopic (exact) mass is 191 g/mol. The fourth-order valence-electron chi connectivity index (χ4n) is 2.82. The summed E-state index contributed by atoms with van der Waals surface area (Å²) in [5, 5.41) is 1.06. The van der Waals surface area contributed by atoms with Crippen LogP contribution in [0.4, 0.5) is 4.48 Å². The summed E-state index contributed by atoms with van der Waals surface area (Å²) in [5.41, 5.74) is 1.38. The molecule has 1 aromatic carbocycles. The van der Waals surface area contributed by atoms with Crippen LogP contribution in [0.15, 0.2) is 30.3 Å².